The molecule has 0 amide bonds. The molecule has 0 fully saturated rings. The van der Waals surface area contributed by atoms with E-state index in [-0.39, 0.29) is 17.8 Å². The number of hydrogen-bond donors (Lipinski definition) is 1. The SMILES string of the molecule is Cc1cc(C(F)(F)F)n(Cc2ccnn2C)c1C(=O)O. The molecule has 2 aromatic rings. The summed E-state index contributed by atoms with van der Waals surface area (Å²) >= 11 is 0. The van der Waals surface area contributed by atoms with Crippen LogP contribution < -0.4 is 0 Å². The minimum Gasteiger partial charge on any atom is -0.477 e. The number of aromatic nitrogens is 3. The smallest absolute Gasteiger partial charge is 0.431 e. The highest BCUT2D eigenvalue weighted by atomic mass is 19.4. The van der Waals surface area contributed by atoms with Crippen LogP contribution in [0.4, 0.5) is 13.2 Å². The van der Waals surface area contributed by atoms with Crippen molar-refractivity contribution in [2.24, 2.45) is 7.05 Å². The molecule has 0 bridgehead atoms. The Kier molecular flexibility index (Phi) is 3.33. The van der Waals surface area contributed by atoms with Crippen LogP contribution in [0.2, 0.25) is 0 Å². The van der Waals surface area contributed by atoms with E-state index >= 15 is 0 Å². The molecule has 8 heteroatoms. The molecule has 2 rings (SSSR count). The quantitative estimate of drug-likeness (QED) is 0.942. The molecule has 0 aromatic carbocycles. The van der Waals surface area contributed by atoms with Crippen LogP contribution in [-0.2, 0) is 19.8 Å². The number of aromatic carboxylic acids is 1. The van der Waals surface area contributed by atoms with Gasteiger partial charge in [-0.1, -0.05) is 0 Å². The summed E-state index contributed by atoms with van der Waals surface area (Å²) in [5.74, 6) is -1.39. The lowest BCUT2D eigenvalue weighted by Gasteiger charge is -2.14. The van der Waals surface area contributed by atoms with Crippen molar-refractivity contribution in [2.45, 2.75) is 19.6 Å². The summed E-state index contributed by atoms with van der Waals surface area (Å²) in [7, 11) is 1.58. The number of hydrogen-bond acceptors (Lipinski definition) is 2. The first-order valence-electron chi connectivity index (χ1n) is 5.69. The number of carbonyl (C=O) groups is 1. The molecular formula is C12H12F3N3O2. The number of alkyl halides is 3. The molecule has 0 atom stereocenters. The van der Waals surface area contributed by atoms with E-state index in [9.17, 15) is 18.0 Å². The van der Waals surface area contributed by atoms with E-state index in [0.29, 0.717) is 5.69 Å². The highest BCUT2D eigenvalue weighted by Crippen LogP contribution is 2.33. The van der Waals surface area contributed by atoms with Crippen molar-refractivity contribution < 1.29 is 23.1 Å². The molecule has 5 nitrogen and oxygen atoms in total. The molecule has 0 saturated heterocycles. The predicted molar refractivity (Wildman–Crippen MR) is 63.4 cm³/mol. The minimum atomic E-state index is -4.61. The lowest BCUT2D eigenvalue weighted by atomic mass is 10.2. The number of halogens is 3. The maximum absolute atomic E-state index is 13.0. The van der Waals surface area contributed by atoms with Crippen molar-refractivity contribution in [3.63, 3.8) is 0 Å². The zero-order chi connectivity index (χ0) is 15.1. The second kappa shape index (κ2) is 4.69. The Labute approximate surface area is 112 Å². The Morgan fingerprint density at radius 2 is 2.10 bits per heavy atom. The van der Waals surface area contributed by atoms with Gasteiger partial charge in [-0.2, -0.15) is 18.3 Å². The Balaban J connectivity index is 2.59. The van der Waals surface area contributed by atoms with Crippen LogP contribution in [0.3, 0.4) is 0 Å². The topological polar surface area (TPSA) is 60.0 Å². The van der Waals surface area contributed by atoms with Gasteiger partial charge in [-0.3, -0.25) is 4.68 Å². The van der Waals surface area contributed by atoms with Crippen molar-refractivity contribution in [3.8, 4) is 0 Å². The van der Waals surface area contributed by atoms with Gasteiger partial charge in [0.15, 0.2) is 0 Å². The van der Waals surface area contributed by atoms with Gasteiger partial charge in [0.25, 0.3) is 0 Å². The summed E-state index contributed by atoms with van der Waals surface area (Å²) in [6.07, 6.45) is -3.17. The fourth-order valence-corrected chi connectivity index (χ4v) is 2.09. The highest BCUT2D eigenvalue weighted by Gasteiger charge is 2.37. The van der Waals surface area contributed by atoms with Gasteiger partial charge in [0.1, 0.15) is 11.4 Å². The zero-order valence-corrected chi connectivity index (χ0v) is 10.8. The summed E-state index contributed by atoms with van der Waals surface area (Å²) in [6.45, 7) is 1.14. The Bertz CT molecular complexity index is 655. The van der Waals surface area contributed by atoms with Crippen molar-refractivity contribution in [1.29, 1.82) is 0 Å². The minimum absolute atomic E-state index is 0.0759. The molecule has 108 valence electrons. The predicted octanol–water partition coefficient (Wildman–Crippen LogP) is 2.30. The van der Waals surface area contributed by atoms with E-state index in [2.05, 4.69) is 5.10 Å². The van der Waals surface area contributed by atoms with E-state index in [1.54, 1.807) is 13.1 Å². The molecule has 0 radical (unpaired) electrons. The summed E-state index contributed by atoms with van der Waals surface area (Å²) in [5.41, 5.74) is -0.785. The van der Waals surface area contributed by atoms with Crippen molar-refractivity contribution >= 4 is 5.97 Å². The Morgan fingerprint density at radius 3 is 2.55 bits per heavy atom. The van der Waals surface area contributed by atoms with Gasteiger partial charge in [-0.15, -0.1) is 0 Å². The summed E-state index contributed by atoms with van der Waals surface area (Å²) in [6, 6.07) is 2.39. The van der Waals surface area contributed by atoms with Gasteiger partial charge in [0.2, 0.25) is 0 Å². The average Bonchev–Trinajstić information content (AvgIpc) is 2.83. The molecular weight excluding hydrogens is 275 g/mol. The van der Waals surface area contributed by atoms with Crippen LogP contribution in [0.15, 0.2) is 18.3 Å². The second-order valence-corrected chi connectivity index (χ2v) is 4.40. The first kappa shape index (κ1) is 14.2. The van der Waals surface area contributed by atoms with Crippen LogP contribution >= 0.6 is 0 Å². The normalized spacial score (nSPS) is 11.8. The number of carboxylic acid groups (broad SMARTS) is 1. The fourth-order valence-electron chi connectivity index (χ4n) is 2.09. The molecule has 1 N–H and O–H groups in total. The molecule has 2 heterocycles. The number of carboxylic acids is 1. The second-order valence-electron chi connectivity index (χ2n) is 4.40. The molecule has 0 unspecified atom stereocenters. The fraction of sp³-hybridized carbons (Fsp3) is 0.333. The zero-order valence-electron chi connectivity index (χ0n) is 10.8. The van der Waals surface area contributed by atoms with E-state index < -0.39 is 17.8 Å². The lowest BCUT2D eigenvalue weighted by molar-refractivity contribution is -0.143. The number of rotatable bonds is 3. The highest BCUT2D eigenvalue weighted by molar-refractivity contribution is 5.88. The molecule has 0 aliphatic rings. The molecule has 0 aliphatic carbocycles. The summed E-state index contributed by atoms with van der Waals surface area (Å²) in [5, 5.41) is 13.0. The molecule has 0 saturated carbocycles. The van der Waals surface area contributed by atoms with Gasteiger partial charge in [-0.05, 0) is 24.6 Å². The van der Waals surface area contributed by atoms with Crippen LogP contribution in [0.1, 0.15) is 27.4 Å². The van der Waals surface area contributed by atoms with Gasteiger partial charge in [0.05, 0.1) is 12.2 Å². The van der Waals surface area contributed by atoms with Gasteiger partial charge >= 0.3 is 12.1 Å². The van der Waals surface area contributed by atoms with Crippen molar-refractivity contribution in [2.75, 3.05) is 0 Å². The molecule has 0 spiro atoms. The van der Waals surface area contributed by atoms with Gasteiger partial charge in [-0.25, -0.2) is 4.79 Å². The number of nitrogens with zero attached hydrogens (tertiary/aromatic N) is 3. The van der Waals surface area contributed by atoms with E-state index in [0.717, 1.165) is 10.6 Å². The van der Waals surface area contributed by atoms with E-state index in [1.807, 2.05) is 0 Å². The third-order valence-corrected chi connectivity index (χ3v) is 3.02. The van der Waals surface area contributed by atoms with Gasteiger partial charge in [0, 0.05) is 13.2 Å². The average molecular weight is 287 g/mol. The molecule has 20 heavy (non-hydrogen) atoms. The summed E-state index contributed by atoms with van der Waals surface area (Å²) < 4.78 is 41.2. The molecule has 2 aromatic heterocycles. The van der Waals surface area contributed by atoms with Crippen molar-refractivity contribution in [1.82, 2.24) is 14.3 Å². The summed E-state index contributed by atoms with van der Waals surface area (Å²) in [4.78, 5) is 11.2. The van der Waals surface area contributed by atoms with Crippen LogP contribution in [-0.4, -0.2) is 25.4 Å². The maximum Gasteiger partial charge on any atom is 0.431 e. The van der Waals surface area contributed by atoms with Crippen LogP contribution in [0, 0.1) is 6.92 Å². The third kappa shape index (κ3) is 2.40. The van der Waals surface area contributed by atoms with E-state index in [4.69, 9.17) is 5.11 Å². The Hall–Kier alpha value is -2.25. The third-order valence-electron chi connectivity index (χ3n) is 3.02. The molecule has 0 aliphatic heterocycles. The Morgan fingerprint density at radius 1 is 1.45 bits per heavy atom. The number of aryl methyl sites for hydroxylation is 2. The standard InChI is InChI=1S/C12H12F3N3O2/c1-7-5-9(12(13,14)15)18(10(7)11(19)20)6-8-3-4-16-17(8)2/h3-5H,6H2,1-2H3,(H,19,20). The van der Waals surface area contributed by atoms with Crippen LogP contribution in [0.5, 0.6) is 0 Å². The first-order valence-corrected chi connectivity index (χ1v) is 5.69. The van der Waals surface area contributed by atoms with Gasteiger partial charge < -0.3 is 9.67 Å². The first-order chi connectivity index (χ1) is 9.21. The monoisotopic (exact) mass is 287 g/mol. The van der Waals surface area contributed by atoms with Crippen molar-refractivity contribution in [3.05, 3.63) is 41.0 Å². The maximum atomic E-state index is 13.0. The largest absolute Gasteiger partial charge is 0.477 e. The lowest BCUT2D eigenvalue weighted by Crippen LogP contribution is -2.19. The van der Waals surface area contributed by atoms with Crippen LogP contribution in [0.25, 0.3) is 0 Å². The van der Waals surface area contributed by atoms with E-state index in [1.165, 1.54) is 17.8 Å².